The average Bonchev–Trinajstić information content (AvgIpc) is 3.47. The lowest BCUT2D eigenvalue weighted by molar-refractivity contribution is -0.137. The van der Waals surface area contributed by atoms with Gasteiger partial charge in [-0.15, -0.1) is 11.3 Å². The summed E-state index contributed by atoms with van der Waals surface area (Å²) in [7, 11) is 2.08. The van der Waals surface area contributed by atoms with Gasteiger partial charge in [0.1, 0.15) is 5.70 Å². The van der Waals surface area contributed by atoms with E-state index in [0.717, 1.165) is 47.5 Å². The Morgan fingerprint density at radius 1 is 1.00 bits per heavy atom. The number of nitrogens with zero attached hydrogens (tertiary/aromatic N) is 3. The monoisotopic (exact) mass is 420 g/mol. The number of para-hydroxylation sites is 1. The van der Waals surface area contributed by atoms with Crippen molar-refractivity contribution in [1.82, 2.24) is 19.7 Å². The normalized spacial score (nSPS) is 18.3. The molecule has 0 aliphatic carbocycles. The fourth-order valence-corrected chi connectivity index (χ4v) is 5.07. The summed E-state index contributed by atoms with van der Waals surface area (Å²) in [6.07, 6.45) is 2.61. The summed E-state index contributed by atoms with van der Waals surface area (Å²) >= 11 is 1.51. The summed E-state index contributed by atoms with van der Waals surface area (Å²) < 4.78 is 0. The van der Waals surface area contributed by atoms with Gasteiger partial charge in [-0.1, -0.05) is 24.3 Å². The number of likely N-dealkylation sites (N-methyl/N-ethyl adjacent to an activating group) is 1. The van der Waals surface area contributed by atoms with Crippen LogP contribution in [0, 0.1) is 0 Å². The molecule has 2 aromatic heterocycles. The number of H-pyrrole nitrogens is 1. The van der Waals surface area contributed by atoms with Crippen LogP contribution in [-0.4, -0.2) is 71.3 Å². The number of piperazine rings is 1. The Morgan fingerprint density at radius 3 is 2.57 bits per heavy atom. The van der Waals surface area contributed by atoms with Crippen LogP contribution in [0.25, 0.3) is 16.5 Å². The number of thiophene rings is 1. The number of aromatic nitrogens is 1. The second-order valence-corrected chi connectivity index (χ2v) is 8.81. The number of carbonyl (C=O) groups is 2. The number of fused-ring (bicyclic) bond motifs is 1. The minimum atomic E-state index is -0.170. The lowest BCUT2D eigenvalue weighted by Crippen LogP contribution is -2.46. The lowest BCUT2D eigenvalue weighted by atomic mass is 10.1. The van der Waals surface area contributed by atoms with E-state index in [2.05, 4.69) is 27.9 Å². The van der Waals surface area contributed by atoms with Gasteiger partial charge in [-0.3, -0.25) is 14.5 Å². The number of aromatic amines is 1. The van der Waals surface area contributed by atoms with E-state index in [9.17, 15) is 9.59 Å². The van der Waals surface area contributed by atoms with Gasteiger partial charge in [0, 0.05) is 54.7 Å². The van der Waals surface area contributed by atoms with E-state index in [-0.39, 0.29) is 11.8 Å². The van der Waals surface area contributed by atoms with Gasteiger partial charge >= 0.3 is 0 Å². The molecule has 1 saturated heterocycles. The molecule has 3 aromatic rings. The van der Waals surface area contributed by atoms with E-state index < -0.39 is 0 Å². The summed E-state index contributed by atoms with van der Waals surface area (Å²) in [6.45, 7) is 3.67. The van der Waals surface area contributed by atoms with Gasteiger partial charge in [0.05, 0.1) is 5.57 Å². The van der Waals surface area contributed by atoms with E-state index in [4.69, 9.17) is 0 Å². The Balaban J connectivity index is 1.42. The van der Waals surface area contributed by atoms with Crippen LogP contribution < -0.4 is 0 Å². The number of benzene rings is 1. The second-order valence-electron chi connectivity index (χ2n) is 7.86. The summed E-state index contributed by atoms with van der Waals surface area (Å²) in [4.78, 5) is 36.7. The van der Waals surface area contributed by atoms with E-state index in [0.29, 0.717) is 24.2 Å². The Kier molecular flexibility index (Phi) is 4.92. The Hall–Kier alpha value is -2.90. The highest BCUT2D eigenvalue weighted by molar-refractivity contribution is 7.11. The van der Waals surface area contributed by atoms with E-state index in [1.807, 2.05) is 41.9 Å². The first kappa shape index (κ1) is 19.1. The third kappa shape index (κ3) is 3.24. The molecule has 0 radical (unpaired) electrons. The minimum Gasteiger partial charge on any atom is -0.364 e. The van der Waals surface area contributed by atoms with Crippen molar-refractivity contribution in [1.29, 1.82) is 0 Å². The number of imide groups is 1. The van der Waals surface area contributed by atoms with Crippen molar-refractivity contribution >= 4 is 39.6 Å². The van der Waals surface area contributed by atoms with Crippen LogP contribution in [0.15, 0.2) is 53.7 Å². The van der Waals surface area contributed by atoms with E-state index >= 15 is 0 Å². The number of hydrogen-bond donors (Lipinski definition) is 1. The summed E-state index contributed by atoms with van der Waals surface area (Å²) in [5.74, 6) is -0.330. The van der Waals surface area contributed by atoms with Crippen molar-refractivity contribution in [2.24, 2.45) is 0 Å². The topological polar surface area (TPSA) is 59.6 Å². The highest BCUT2D eigenvalue weighted by Crippen LogP contribution is 2.34. The molecule has 0 atom stereocenters. The average molecular weight is 421 g/mol. The minimum absolute atomic E-state index is 0.159. The standard InChI is InChI=1S/C23H24N4O2S/c1-25-10-12-26(13-11-25)21-20(19-7-4-14-30-19)22(28)27(23(21)29)9-8-16-15-24-18-6-3-2-5-17(16)18/h2-7,14-15,24H,8-13H2,1H3. The predicted molar refractivity (Wildman–Crippen MR) is 119 cm³/mol. The Bertz CT molecular complexity index is 1120. The molecule has 2 aliphatic heterocycles. The van der Waals surface area contributed by atoms with Gasteiger partial charge in [0.25, 0.3) is 11.8 Å². The number of rotatable bonds is 5. The molecule has 4 heterocycles. The van der Waals surface area contributed by atoms with Crippen molar-refractivity contribution in [3.8, 4) is 0 Å². The summed E-state index contributed by atoms with van der Waals surface area (Å²) in [5, 5.41) is 3.10. The molecule has 0 bridgehead atoms. The van der Waals surface area contributed by atoms with Crippen molar-refractivity contribution in [3.05, 3.63) is 64.1 Å². The van der Waals surface area contributed by atoms with E-state index in [1.165, 1.54) is 16.2 Å². The van der Waals surface area contributed by atoms with Gasteiger partial charge in [0.2, 0.25) is 0 Å². The van der Waals surface area contributed by atoms with Crippen LogP contribution in [0.2, 0.25) is 0 Å². The Labute approximate surface area is 179 Å². The van der Waals surface area contributed by atoms with Gasteiger partial charge in [-0.05, 0) is 36.5 Å². The molecule has 2 amide bonds. The first-order chi connectivity index (χ1) is 14.6. The van der Waals surface area contributed by atoms with Crippen molar-refractivity contribution in [2.45, 2.75) is 6.42 Å². The fourth-order valence-electron chi connectivity index (χ4n) is 4.30. The molecular weight excluding hydrogens is 396 g/mol. The maximum Gasteiger partial charge on any atom is 0.277 e. The molecule has 0 saturated carbocycles. The first-order valence-corrected chi connectivity index (χ1v) is 11.1. The second kappa shape index (κ2) is 7.74. The molecule has 30 heavy (non-hydrogen) atoms. The molecule has 5 rings (SSSR count). The third-order valence-electron chi connectivity index (χ3n) is 6.01. The van der Waals surface area contributed by atoms with Crippen LogP contribution in [0.1, 0.15) is 10.4 Å². The zero-order valence-electron chi connectivity index (χ0n) is 16.9. The van der Waals surface area contributed by atoms with E-state index in [1.54, 1.807) is 0 Å². The zero-order chi connectivity index (χ0) is 20.7. The zero-order valence-corrected chi connectivity index (χ0v) is 17.7. The SMILES string of the molecule is CN1CCN(C2=C(c3cccs3)C(=O)N(CCc3c[nH]c4ccccc34)C2=O)CC1. The number of hydrogen-bond acceptors (Lipinski definition) is 5. The molecule has 7 heteroatoms. The number of nitrogens with one attached hydrogen (secondary N) is 1. The van der Waals surface area contributed by atoms with Gasteiger partial charge < -0.3 is 14.8 Å². The predicted octanol–water partition coefficient (Wildman–Crippen LogP) is 2.80. The molecular formula is C23H24N4O2S. The van der Waals surface area contributed by atoms with Crippen molar-refractivity contribution in [2.75, 3.05) is 39.8 Å². The highest BCUT2D eigenvalue weighted by Gasteiger charge is 2.42. The Morgan fingerprint density at radius 2 is 1.80 bits per heavy atom. The summed E-state index contributed by atoms with van der Waals surface area (Å²) in [6, 6.07) is 12.0. The summed E-state index contributed by atoms with van der Waals surface area (Å²) in [5.41, 5.74) is 3.34. The van der Waals surface area contributed by atoms with Crippen LogP contribution in [0.3, 0.4) is 0 Å². The fraction of sp³-hybridized carbons (Fsp3) is 0.304. The highest BCUT2D eigenvalue weighted by atomic mass is 32.1. The molecule has 2 aliphatic rings. The number of carbonyl (C=O) groups excluding carboxylic acids is 2. The molecule has 6 nitrogen and oxygen atoms in total. The molecule has 1 N–H and O–H groups in total. The van der Waals surface area contributed by atoms with Crippen LogP contribution in [-0.2, 0) is 16.0 Å². The van der Waals surface area contributed by atoms with Crippen molar-refractivity contribution < 1.29 is 9.59 Å². The molecule has 0 spiro atoms. The van der Waals surface area contributed by atoms with Gasteiger partial charge in [-0.25, -0.2) is 0 Å². The molecule has 154 valence electrons. The maximum absolute atomic E-state index is 13.4. The molecule has 0 unspecified atom stereocenters. The molecule has 1 aromatic carbocycles. The maximum atomic E-state index is 13.4. The van der Waals surface area contributed by atoms with Gasteiger partial charge in [-0.2, -0.15) is 0 Å². The van der Waals surface area contributed by atoms with Crippen molar-refractivity contribution in [3.63, 3.8) is 0 Å². The lowest BCUT2D eigenvalue weighted by Gasteiger charge is -2.34. The largest absolute Gasteiger partial charge is 0.364 e. The van der Waals surface area contributed by atoms with Crippen LogP contribution in [0.5, 0.6) is 0 Å². The van der Waals surface area contributed by atoms with Gasteiger partial charge in [0.15, 0.2) is 0 Å². The third-order valence-corrected chi connectivity index (χ3v) is 6.90. The van der Waals surface area contributed by atoms with Crippen LogP contribution >= 0.6 is 11.3 Å². The quantitative estimate of drug-likeness (QED) is 0.645. The number of amides is 2. The smallest absolute Gasteiger partial charge is 0.277 e. The molecule has 1 fully saturated rings. The van der Waals surface area contributed by atoms with Crippen LogP contribution in [0.4, 0.5) is 0 Å². The first-order valence-electron chi connectivity index (χ1n) is 10.3.